The topological polar surface area (TPSA) is 51.8 Å². The second kappa shape index (κ2) is 15.6. The summed E-state index contributed by atoms with van der Waals surface area (Å²) in [4.78, 5) is 16.3. The van der Waals surface area contributed by atoms with Crippen molar-refractivity contribution in [2.75, 3.05) is 0 Å². The smallest absolute Gasteiger partial charge is 0.168 e. The van der Waals surface area contributed by atoms with Crippen LogP contribution in [0.5, 0.6) is 0 Å². The summed E-state index contributed by atoms with van der Waals surface area (Å²) in [5.41, 5.74) is 12.6. The van der Waals surface area contributed by atoms with Gasteiger partial charge in [-0.3, -0.25) is 0 Å². The largest absolute Gasteiger partial charge is 0.455 e. The number of furan rings is 1. The number of hydrogen-bond donors (Lipinski definition) is 0. The molecule has 2 atom stereocenters. The fraction of sp³-hybridized carbons (Fsp3) is 0.183. The van der Waals surface area contributed by atoms with E-state index in [1.54, 1.807) is 0 Å². The normalized spacial score (nSPS) is 19.6. The average Bonchev–Trinajstić information content (AvgIpc) is 3.73. The predicted octanol–water partition coefficient (Wildman–Crippen LogP) is 16.0. The molecule has 2 aliphatic rings. The maximum absolute atomic E-state index is 7.17. The first-order valence-electron chi connectivity index (χ1n) is 23.0. The van der Waals surface area contributed by atoms with Crippen LogP contribution in [0.2, 0.25) is 0 Å². The summed E-state index contributed by atoms with van der Waals surface area (Å²) >= 11 is 0. The summed E-state index contributed by atoms with van der Waals surface area (Å²) in [5, 5.41) is 4.33. The fourth-order valence-corrected chi connectivity index (χ4v) is 11.8. The highest BCUT2D eigenvalue weighted by Gasteiger charge is 2.45. The van der Waals surface area contributed by atoms with Gasteiger partial charge in [0.15, 0.2) is 17.5 Å². The Labute approximate surface area is 374 Å². The van der Waals surface area contributed by atoms with Crippen molar-refractivity contribution < 1.29 is 4.42 Å². The van der Waals surface area contributed by atoms with Crippen LogP contribution in [-0.2, 0) is 5.41 Å². The zero-order chi connectivity index (χ0) is 42.8. The van der Waals surface area contributed by atoms with Gasteiger partial charge < -0.3 is 4.42 Å². The van der Waals surface area contributed by atoms with Gasteiger partial charge in [-0.2, -0.15) is 0 Å². The first-order valence-corrected chi connectivity index (χ1v) is 23.0. The third-order valence-corrected chi connectivity index (χ3v) is 14.3. The molecule has 0 amide bonds. The average molecular weight is 828 g/mol. The van der Waals surface area contributed by atoms with E-state index in [2.05, 4.69) is 196 Å². The fourth-order valence-electron chi connectivity index (χ4n) is 11.8. The lowest BCUT2D eigenvalue weighted by atomic mass is 9.54. The van der Waals surface area contributed by atoms with Gasteiger partial charge in [0.1, 0.15) is 11.2 Å². The van der Waals surface area contributed by atoms with E-state index in [9.17, 15) is 0 Å². The molecule has 2 aliphatic carbocycles. The van der Waals surface area contributed by atoms with Crippen LogP contribution in [0.4, 0.5) is 0 Å². The van der Waals surface area contributed by atoms with Crippen molar-refractivity contribution >= 4 is 32.7 Å². The molecule has 0 N–H and O–H groups in total. The molecule has 2 aromatic heterocycles. The zero-order valence-corrected chi connectivity index (χ0v) is 36.3. The number of rotatable bonds is 7. The molecule has 8 aromatic carbocycles. The Morgan fingerprint density at radius 3 is 1.80 bits per heavy atom. The molecular weight excluding hydrogens is 779 g/mol. The highest BCUT2D eigenvalue weighted by atomic mass is 16.3. The molecule has 10 aromatic rings. The zero-order valence-electron chi connectivity index (χ0n) is 36.3. The molecule has 0 radical (unpaired) electrons. The maximum Gasteiger partial charge on any atom is 0.168 e. The highest BCUT2D eigenvalue weighted by molar-refractivity contribution is 6.18. The molecule has 12 rings (SSSR count). The Kier molecular flexibility index (Phi) is 9.37. The Hall–Kier alpha value is -7.17. The minimum atomic E-state index is 0.240. The van der Waals surface area contributed by atoms with Gasteiger partial charge in [0.25, 0.3) is 0 Å². The Morgan fingerprint density at radius 1 is 0.422 bits per heavy atom. The highest BCUT2D eigenvalue weighted by Crippen LogP contribution is 2.54. The van der Waals surface area contributed by atoms with Gasteiger partial charge in [-0.1, -0.05) is 178 Å². The summed E-state index contributed by atoms with van der Waals surface area (Å²) in [6.07, 6.45) is 6.57. The molecule has 2 heterocycles. The summed E-state index contributed by atoms with van der Waals surface area (Å²) in [5.74, 6) is 4.10. The number of aromatic nitrogens is 3. The SMILES string of the molecule is CC1CC2CC(C)CC(c3ccc(-c4ccc5c(oc6c7ccccc7ccc56)c4-c4nc(-c5cccc(-c6ccccc6)c5)nc(-c5ccccc5-c5ccccc5)n4)cc3)(C1)C2. The van der Waals surface area contributed by atoms with Crippen molar-refractivity contribution in [3.8, 4) is 67.5 Å². The third-order valence-electron chi connectivity index (χ3n) is 14.3. The summed E-state index contributed by atoms with van der Waals surface area (Å²) in [7, 11) is 0. The molecule has 4 nitrogen and oxygen atoms in total. The van der Waals surface area contributed by atoms with Crippen molar-refractivity contribution in [1.29, 1.82) is 0 Å². The molecule has 0 saturated heterocycles. The number of fused-ring (bicyclic) bond motifs is 7. The van der Waals surface area contributed by atoms with Gasteiger partial charge in [0, 0.05) is 27.3 Å². The number of benzene rings is 8. The van der Waals surface area contributed by atoms with Crippen molar-refractivity contribution in [1.82, 2.24) is 15.0 Å². The van der Waals surface area contributed by atoms with Crippen molar-refractivity contribution in [2.24, 2.45) is 17.8 Å². The van der Waals surface area contributed by atoms with Crippen LogP contribution in [0.3, 0.4) is 0 Å². The van der Waals surface area contributed by atoms with E-state index in [1.807, 2.05) is 0 Å². The Balaban J connectivity index is 1.11. The van der Waals surface area contributed by atoms with Crippen molar-refractivity contribution in [3.05, 3.63) is 188 Å². The van der Waals surface area contributed by atoms with E-state index in [-0.39, 0.29) is 5.41 Å². The lowest BCUT2D eigenvalue weighted by Gasteiger charge is -2.50. The molecular formula is C60H49N3O. The molecule has 2 saturated carbocycles. The first kappa shape index (κ1) is 38.5. The standard InChI is InChI=1S/C60H49N3O/c1-38-32-40-33-39(2)36-60(35-38,37-40)47-27-24-44(25-28-47)49-30-31-52-51-29-26-43-18-9-10-22-50(43)55(51)64-56(52)54(49)59-62-57(46-20-13-19-45(34-46)41-14-5-3-6-15-41)61-58(63-59)53-23-12-11-21-48(53)42-16-7-4-8-17-42/h3-31,34,38-40H,32-33,35-37H2,1-2H3. The molecule has 2 fully saturated rings. The lowest BCUT2D eigenvalue weighted by molar-refractivity contribution is 0.0780. The van der Waals surface area contributed by atoms with E-state index >= 15 is 0 Å². The maximum atomic E-state index is 7.17. The summed E-state index contributed by atoms with van der Waals surface area (Å²) < 4.78 is 7.17. The van der Waals surface area contributed by atoms with Crippen LogP contribution in [0.1, 0.15) is 51.5 Å². The molecule has 0 aliphatic heterocycles. The number of hydrogen-bond acceptors (Lipinski definition) is 4. The minimum Gasteiger partial charge on any atom is -0.455 e. The Morgan fingerprint density at radius 2 is 1.02 bits per heavy atom. The van der Waals surface area contributed by atoms with Crippen molar-refractivity contribution in [2.45, 2.75) is 51.4 Å². The molecule has 2 bridgehead atoms. The van der Waals surface area contributed by atoms with E-state index in [0.717, 1.165) is 101 Å². The van der Waals surface area contributed by atoms with Crippen molar-refractivity contribution in [3.63, 3.8) is 0 Å². The van der Waals surface area contributed by atoms with E-state index in [0.29, 0.717) is 17.5 Å². The first-order chi connectivity index (χ1) is 31.5. The van der Waals surface area contributed by atoms with Crippen LogP contribution >= 0.6 is 0 Å². The van der Waals surface area contributed by atoms with Gasteiger partial charge in [-0.15, -0.1) is 0 Å². The summed E-state index contributed by atoms with van der Waals surface area (Å²) in [6.45, 7) is 4.94. The van der Waals surface area contributed by atoms with Crippen LogP contribution in [-0.4, -0.2) is 15.0 Å². The van der Waals surface area contributed by atoms with Crippen LogP contribution in [0.25, 0.3) is 100 Å². The van der Waals surface area contributed by atoms with E-state index < -0.39 is 0 Å². The molecule has 2 unspecified atom stereocenters. The second-order valence-corrected chi connectivity index (χ2v) is 18.8. The van der Waals surface area contributed by atoms with Gasteiger partial charge >= 0.3 is 0 Å². The van der Waals surface area contributed by atoms with Gasteiger partial charge in [0.2, 0.25) is 0 Å². The predicted molar refractivity (Wildman–Crippen MR) is 264 cm³/mol. The quantitative estimate of drug-likeness (QED) is 0.161. The number of nitrogens with zero attached hydrogens (tertiary/aromatic N) is 3. The lowest BCUT2D eigenvalue weighted by Crippen LogP contribution is -2.42. The minimum absolute atomic E-state index is 0.240. The van der Waals surface area contributed by atoms with Gasteiger partial charge in [-0.05, 0) is 118 Å². The van der Waals surface area contributed by atoms with Crippen LogP contribution in [0, 0.1) is 17.8 Å². The van der Waals surface area contributed by atoms with E-state index in [4.69, 9.17) is 19.4 Å². The van der Waals surface area contributed by atoms with Gasteiger partial charge in [0.05, 0.1) is 5.56 Å². The van der Waals surface area contributed by atoms with E-state index in [1.165, 1.54) is 37.7 Å². The molecule has 4 heteroatoms. The van der Waals surface area contributed by atoms with Crippen LogP contribution in [0.15, 0.2) is 186 Å². The molecule has 64 heavy (non-hydrogen) atoms. The second-order valence-electron chi connectivity index (χ2n) is 18.8. The Bertz CT molecular complexity index is 3330. The monoisotopic (exact) mass is 827 g/mol. The van der Waals surface area contributed by atoms with Crippen LogP contribution < -0.4 is 0 Å². The molecule has 310 valence electrons. The van der Waals surface area contributed by atoms with Gasteiger partial charge in [-0.25, -0.2) is 15.0 Å². The molecule has 0 spiro atoms. The summed E-state index contributed by atoms with van der Waals surface area (Å²) in [6, 6.07) is 64.9. The third kappa shape index (κ3) is 6.71.